The summed E-state index contributed by atoms with van der Waals surface area (Å²) in [5.41, 5.74) is 4.02. The van der Waals surface area contributed by atoms with Gasteiger partial charge in [-0.15, -0.1) is 0 Å². The van der Waals surface area contributed by atoms with Crippen LogP contribution in [0.2, 0.25) is 0 Å². The van der Waals surface area contributed by atoms with E-state index in [0.29, 0.717) is 5.56 Å². The highest BCUT2D eigenvalue weighted by Gasteiger charge is 2.11. The summed E-state index contributed by atoms with van der Waals surface area (Å²) in [5, 5.41) is 0. The van der Waals surface area contributed by atoms with Gasteiger partial charge in [-0.05, 0) is 54.7 Å². The lowest BCUT2D eigenvalue weighted by atomic mass is 9.99. The number of benzene rings is 2. The summed E-state index contributed by atoms with van der Waals surface area (Å²) in [4.78, 5) is 11.8. The minimum absolute atomic E-state index is 0.285. The Hall–Kier alpha value is -2.29. The Morgan fingerprint density at radius 1 is 1.05 bits per heavy atom. The molecule has 0 heterocycles. The summed E-state index contributed by atoms with van der Waals surface area (Å²) in [7, 11) is 3.08. The zero-order chi connectivity index (χ0) is 15.2. The average Bonchev–Trinajstić information content (AvgIpc) is 2.51. The largest absolute Gasteiger partial charge is 0.497 e. The van der Waals surface area contributed by atoms with Gasteiger partial charge in [0.2, 0.25) is 0 Å². The number of rotatable bonds is 5. The van der Waals surface area contributed by atoms with Crippen LogP contribution < -0.4 is 4.74 Å². The van der Waals surface area contributed by atoms with Gasteiger partial charge in [0.05, 0.1) is 19.8 Å². The summed E-state index contributed by atoms with van der Waals surface area (Å²) in [6, 6.07) is 13.8. The topological polar surface area (TPSA) is 35.5 Å². The predicted molar refractivity (Wildman–Crippen MR) is 82.9 cm³/mol. The van der Waals surface area contributed by atoms with Crippen LogP contribution in [0, 0.1) is 6.92 Å². The molecule has 21 heavy (non-hydrogen) atoms. The van der Waals surface area contributed by atoms with E-state index in [1.54, 1.807) is 13.2 Å². The first-order valence-electron chi connectivity index (χ1n) is 6.95. The van der Waals surface area contributed by atoms with Gasteiger partial charge in [-0.1, -0.05) is 24.3 Å². The van der Waals surface area contributed by atoms with Gasteiger partial charge in [-0.2, -0.15) is 0 Å². The number of esters is 1. The number of ether oxygens (including phenoxy) is 2. The first-order valence-corrected chi connectivity index (χ1v) is 6.95. The molecule has 110 valence electrons. The van der Waals surface area contributed by atoms with Crippen LogP contribution in [0.1, 0.15) is 27.0 Å². The highest BCUT2D eigenvalue weighted by molar-refractivity contribution is 5.90. The fourth-order valence-corrected chi connectivity index (χ4v) is 2.41. The van der Waals surface area contributed by atoms with E-state index in [2.05, 4.69) is 13.0 Å². The molecule has 0 bridgehead atoms. The maximum Gasteiger partial charge on any atom is 0.338 e. The fraction of sp³-hybridized carbons (Fsp3) is 0.278. The molecule has 3 heteroatoms. The van der Waals surface area contributed by atoms with Crippen LogP contribution in [0.4, 0.5) is 0 Å². The Bertz CT molecular complexity index is 632. The maximum absolute atomic E-state index is 11.8. The van der Waals surface area contributed by atoms with Gasteiger partial charge >= 0.3 is 5.97 Å². The molecule has 0 amide bonds. The van der Waals surface area contributed by atoms with Crippen LogP contribution in [-0.4, -0.2) is 20.2 Å². The Kier molecular flexibility index (Phi) is 4.99. The molecule has 0 radical (unpaired) electrons. The van der Waals surface area contributed by atoms with Crippen LogP contribution >= 0.6 is 0 Å². The van der Waals surface area contributed by atoms with Crippen LogP contribution in [0.3, 0.4) is 0 Å². The van der Waals surface area contributed by atoms with E-state index in [1.165, 1.54) is 18.2 Å². The van der Waals surface area contributed by atoms with Crippen LogP contribution in [-0.2, 0) is 17.6 Å². The smallest absolute Gasteiger partial charge is 0.338 e. The third-order valence-electron chi connectivity index (χ3n) is 3.45. The molecule has 0 unspecified atom stereocenters. The molecular weight excluding hydrogens is 264 g/mol. The van der Waals surface area contributed by atoms with Crippen LogP contribution in [0.25, 0.3) is 0 Å². The van der Waals surface area contributed by atoms with Crippen LogP contribution in [0.15, 0.2) is 42.5 Å². The van der Waals surface area contributed by atoms with Crippen molar-refractivity contribution >= 4 is 5.97 Å². The quantitative estimate of drug-likeness (QED) is 0.787. The van der Waals surface area contributed by atoms with Crippen molar-refractivity contribution in [3.8, 4) is 5.75 Å². The molecule has 0 aliphatic heterocycles. The standard InChI is InChI=1S/C18H20O3/c1-13-10-14(12-16(11-13)20-2)8-9-15-6-4-5-7-17(15)18(19)21-3/h4-7,10-12H,8-9H2,1-3H3. The van der Waals surface area contributed by atoms with Crippen molar-refractivity contribution in [2.45, 2.75) is 19.8 Å². The molecule has 0 saturated heterocycles. The molecule has 0 N–H and O–H groups in total. The van der Waals surface area contributed by atoms with Crippen molar-refractivity contribution in [3.05, 3.63) is 64.7 Å². The molecule has 2 rings (SSSR count). The number of methoxy groups -OCH3 is 2. The molecule has 0 aliphatic carbocycles. The second kappa shape index (κ2) is 6.93. The normalized spacial score (nSPS) is 10.2. The lowest BCUT2D eigenvalue weighted by Crippen LogP contribution is -2.06. The van der Waals surface area contributed by atoms with Gasteiger partial charge in [0.15, 0.2) is 0 Å². The summed E-state index contributed by atoms with van der Waals surface area (Å²) < 4.78 is 10.1. The summed E-state index contributed by atoms with van der Waals surface area (Å²) >= 11 is 0. The van der Waals surface area contributed by atoms with Crippen molar-refractivity contribution in [2.24, 2.45) is 0 Å². The molecular formula is C18H20O3. The van der Waals surface area contributed by atoms with Crippen molar-refractivity contribution in [3.63, 3.8) is 0 Å². The van der Waals surface area contributed by atoms with Crippen molar-refractivity contribution in [1.82, 2.24) is 0 Å². The SMILES string of the molecule is COC(=O)c1ccccc1CCc1cc(C)cc(OC)c1. The first kappa shape index (κ1) is 15.1. The van der Waals surface area contributed by atoms with Crippen LogP contribution in [0.5, 0.6) is 5.75 Å². The highest BCUT2D eigenvalue weighted by atomic mass is 16.5. The molecule has 0 spiro atoms. The summed E-state index contributed by atoms with van der Waals surface area (Å²) in [6.07, 6.45) is 1.64. The highest BCUT2D eigenvalue weighted by Crippen LogP contribution is 2.19. The third-order valence-corrected chi connectivity index (χ3v) is 3.45. The molecule has 0 aliphatic rings. The van der Waals surface area contributed by atoms with E-state index in [0.717, 1.165) is 24.2 Å². The van der Waals surface area contributed by atoms with E-state index in [-0.39, 0.29) is 5.97 Å². The third kappa shape index (κ3) is 3.85. The van der Waals surface area contributed by atoms with Gasteiger partial charge in [0.1, 0.15) is 5.75 Å². The Morgan fingerprint density at radius 2 is 1.81 bits per heavy atom. The van der Waals surface area contributed by atoms with Crippen molar-refractivity contribution in [2.75, 3.05) is 14.2 Å². The number of hydrogen-bond donors (Lipinski definition) is 0. The van der Waals surface area contributed by atoms with E-state index in [9.17, 15) is 4.79 Å². The molecule has 0 fully saturated rings. The van der Waals surface area contributed by atoms with Crippen molar-refractivity contribution < 1.29 is 14.3 Å². The van der Waals surface area contributed by atoms with E-state index >= 15 is 0 Å². The van der Waals surface area contributed by atoms with E-state index in [4.69, 9.17) is 9.47 Å². The number of aryl methyl sites for hydroxylation is 3. The molecule has 2 aromatic carbocycles. The van der Waals surface area contributed by atoms with E-state index < -0.39 is 0 Å². The van der Waals surface area contributed by atoms with Gasteiger partial charge in [0, 0.05) is 0 Å². The Balaban J connectivity index is 2.17. The zero-order valence-corrected chi connectivity index (χ0v) is 12.7. The minimum atomic E-state index is -0.285. The number of hydrogen-bond acceptors (Lipinski definition) is 3. The second-order valence-corrected chi connectivity index (χ2v) is 5.01. The molecule has 0 atom stereocenters. The maximum atomic E-state index is 11.8. The number of carbonyl (C=O) groups is 1. The number of carbonyl (C=O) groups excluding carboxylic acids is 1. The minimum Gasteiger partial charge on any atom is -0.497 e. The van der Waals surface area contributed by atoms with Gasteiger partial charge in [-0.3, -0.25) is 0 Å². The Morgan fingerprint density at radius 3 is 2.52 bits per heavy atom. The molecule has 0 saturated carbocycles. The van der Waals surface area contributed by atoms with Gasteiger partial charge < -0.3 is 9.47 Å². The lowest BCUT2D eigenvalue weighted by Gasteiger charge is -2.09. The molecule has 3 nitrogen and oxygen atoms in total. The Labute approximate surface area is 125 Å². The predicted octanol–water partition coefficient (Wildman–Crippen LogP) is 3.58. The molecule has 0 aromatic heterocycles. The summed E-state index contributed by atoms with van der Waals surface area (Å²) in [6.45, 7) is 2.05. The average molecular weight is 284 g/mol. The van der Waals surface area contributed by atoms with Gasteiger partial charge in [-0.25, -0.2) is 4.79 Å². The van der Waals surface area contributed by atoms with Crippen molar-refractivity contribution in [1.29, 1.82) is 0 Å². The first-order chi connectivity index (χ1) is 10.1. The molecule has 2 aromatic rings. The van der Waals surface area contributed by atoms with Gasteiger partial charge in [0.25, 0.3) is 0 Å². The monoisotopic (exact) mass is 284 g/mol. The zero-order valence-electron chi connectivity index (χ0n) is 12.7. The second-order valence-electron chi connectivity index (χ2n) is 5.01. The fourth-order valence-electron chi connectivity index (χ4n) is 2.41. The summed E-state index contributed by atoms with van der Waals surface area (Å²) in [5.74, 6) is 0.582. The lowest BCUT2D eigenvalue weighted by molar-refractivity contribution is 0.0599. The van der Waals surface area contributed by atoms with E-state index in [1.807, 2.05) is 30.3 Å².